The molecule has 5 aliphatic rings. The van der Waals surface area contributed by atoms with Crippen molar-refractivity contribution >= 4 is 36.3 Å². The Morgan fingerprint density at radius 2 is 1.72 bits per heavy atom. The zero-order chi connectivity index (χ0) is 17.7. The second-order valence-electron chi connectivity index (χ2n) is 8.82. The normalized spacial score (nSPS) is 43.4. The molecule has 0 aromatic carbocycles. The molecule has 140 valence electrons. The summed E-state index contributed by atoms with van der Waals surface area (Å²) in [4.78, 5) is 25.9. The average Bonchev–Trinajstić information content (AvgIpc) is 3.00. The van der Waals surface area contributed by atoms with Gasteiger partial charge in [-0.3, -0.25) is 4.79 Å². The lowest BCUT2D eigenvalue weighted by Crippen LogP contribution is -2.47. The summed E-state index contributed by atoms with van der Waals surface area (Å²) in [5, 5.41) is 10.6. The highest BCUT2D eigenvalue weighted by atomic mass is 32.2. The quantitative estimate of drug-likeness (QED) is 0.716. The van der Waals surface area contributed by atoms with Crippen molar-refractivity contribution in [2.75, 3.05) is 12.3 Å². The van der Waals surface area contributed by atoms with Crippen molar-refractivity contribution in [2.24, 2.45) is 29.6 Å². The molecular weight excluding hydrogens is 354 g/mol. The zero-order valence-corrected chi connectivity index (χ0v) is 16.6. The van der Waals surface area contributed by atoms with Crippen LogP contribution in [0.5, 0.6) is 0 Å². The van der Waals surface area contributed by atoms with Crippen LogP contribution in [0.4, 0.5) is 0 Å². The van der Waals surface area contributed by atoms with Crippen molar-refractivity contribution in [1.29, 1.82) is 0 Å². The van der Waals surface area contributed by atoms with Gasteiger partial charge in [0, 0.05) is 28.7 Å². The van der Waals surface area contributed by atoms with Gasteiger partial charge in [0.25, 0.3) is 0 Å². The van der Waals surface area contributed by atoms with Gasteiger partial charge in [0.2, 0.25) is 5.91 Å². The fourth-order valence-electron chi connectivity index (χ4n) is 6.05. The molecule has 25 heavy (non-hydrogen) atoms. The Balaban J connectivity index is 1.43. The summed E-state index contributed by atoms with van der Waals surface area (Å²) in [5.74, 6) is 2.96. The maximum absolute atomic E-state index is 12.6. The maximum atomic E-state index is 12.6. The summed E-state index contributed by atoms with van der Waals surface area (Å²) in [6.07, 6.45) is 7.61. The molecule has 5 fully saturated rings. The van der Waals surface area contributed by atoms with E-state index in [-0.39, 0.29) is 17.1 Å². The van der Waals surface area contributed by atoms with E-state index in [0.717, 1.165) is 23.7 Å². The van der Waals surface area contributed by atoms with Crippen molar-refractivity contribution < 1.29 is 14.7 Å². The van der Waals surface area contributed by atoms with E-state index in [4.69, 9.17) is 0 Å². The summed E-state index contributed by atoms with van der Waals surface area (Å²) >= 11 is 6.24. The molecule has 1 unspecified atom stereocenters. The molecule has 1 N–H and O–H groups in total. The predicted octanol–water partition coefficient (Wildman–Crippen LogP) is 3.16. The highest BCUT2D eigenvalue weighted by Gasteiger charge is 2.50. The number of amides is 1. The predicted molar refractivity (Wildman–Crippen MR) is 103 cm³/mol. The molecule has 3 atom stereocenters. The Kier molecular flexibility index (Phi) is 5.04. The molecule has 4 saturated carbocycles. The van der Waals surface area contributed by atoms with Crippen LogP contribution >= 0.6 is 24.4 Å². The Bertz CT molecular complexity index is 527. The number of aliphatic carboxylic acids is 1. The SMILES string of the molecule is CC(CS)C(=O)N1C[C@@H](SC2C3CC4CC(C3)CC2C4)C[C@H]1C(=O)O. The van der Waals surface area contributed by atoms with Crippen LogP contribution in [0.2, 0.25) is 0 Å². The minimum atomic E-state index is -0.854. The minimum absolute atomic E-state index is 0.0458. The van der Waals surface area contributed by atoms with Gasteiger partial charge < -0.3 is 10.0 Å². The number of carboxylic acid groups (broad SMARTS) is 1. The monoisotopic (exact) mass is 383 g/mol. The number of carboxylic acids is 1. The molecule has 0 spiro atoms. The first-order valence-corrected chi connectivity index (χ1v) is 11.3. The Morgan fingerprint density at radius 3 is 2.24 bits per heavy atom. The first-order valence-electron chi connectivity index (χ1n) is 9.75. The van der Waals surface area contributed by atoms with E-state index in [2.05, 4.69) is 12.6 Å². The number of carbonyl (C=O) groups is 2. The van der Waals surface area contributed by atoms with Crippen LogP contribution in [-0.2, 0) is 9.59 Å². The van der Waals surface area contributed by atoms with E-state index in [9.17, 15) is 14.7 Å². The van der Waals surface area contributed by atoms with Crippen LogP contribution in [0.15, 0.2) is 0 Å². The standard InChI is InChI=1S/C19H29NO3S2/c1-10(9-24)18(21)20-8-15(7-16(20)19(22)23)25-17-13-3-11-2-12(5-13)6-14(17)4-11/h10-17,24H,2-9H2,1H3,(H,22,23)/t10?,11?,12?,13?,14?,15-,16-,17?/m0/s1. The van der Waals surface area contributed by atoms with E-state index in [1.807, 2.05) is 18.7 Å². The lowest BCUT2D eigenvalue weighted by Gasteiger charge is -2.54. The van der Waals surface area contributed by atoms with Crippen molar-refractivity contribution in [1.82, 2.24) is 4.90 Å². The summed E-state index contributed by atoms with van der Waals surface area (Å²) < 4.78 is 0. The fraction of sp³-hybridized carbons (Fsp3) is 0.895. The molecule has 0 radical (unpaired) electrons. The van der Waals surface area contributed by atoms with Gasteiger partial charge in [0.15, 0.2) is 0 Å². The van der Waals surface area contributed by atoms with Crippen molar-refractivity contribution in [2.45, 2.75) is 62.0 Å². The molecular formula is C19H29NO3S2. The van der Waals surface area contributed by atoms with Gasteiger partial charge >= 0.3 is 5.97 Å². The zero-order valence-electron chi connectivity index (χ0n) is 14.8. The van der Waals surface area contributed by atoms with Crippen LogP contribution < -0.4 is 0 Å². The second kappa shape index (κ2) is 6.99. The van der Waals surface area contributed by atoms with Crippen LogP contribution in [0.25, 0.3) is 0 Å². The molecule has 1 amide bonds. The Labute approximate surface area is 159 Å². The highest BCUT2D eigenvalue weighted by molar-refractivity contribution is 8.00. The van der Waals surface area contributed by atoms with Gasteiger partial charge in [-0.05, 0) is 62.2 Å². The van der Waals surface area contributed by atoms with E-state index in [1.54, 1.807) is 4.90 Å². The second-order valence-corrected chi connectivity index (χ2v) is 10.7. The number of likely N-dealkylation sites (tertiary alicyclic amines) is 1. The van der Waals surface area contributed by atoms with Gasteiger partial charge in [-0.1, -0.05) is 6.92 Å². The number of thioether (sulfide) groups is 1. The van der Waals surface area contributed by atoms with Gasteiger partial charge in [-0.15, -0.1) is 0 Å². The molecule has 1 heterocycles. The molecule has 0 aromatic rings. The smallest absolute Gasteiger partial charge is 0.326 e. The summed E-state index contributed by atoms with van der Waals surface area (Å²) in [6, 6.07) is -0.649. The minimum Gasteiger partial charge on any atom is -0.480 e. The third-order valence-electron chi connectivity index (χ3n) is 7.02. The van der Waals surface area contributed by atoms with E-state index in [1.165, 1.54) is 32.1 Å². The number of hydrogen-bond donors (Lipinski definition) is 2. The van der Waals surface area contributed by atoms with Crippen LogP contribution in [0, 0.1) is 29.6 Å². The van der Waals surface area contributed by atoms with Gasteiger partial charge in [0.1, 0.15) is 6.04 Å². The highest BCUT2D eigenvalue weighted by Crippen LogP contribution is 2.58. The molecule has 4 bridgehead atoms. The topological polar surface area (TPSA) is 57.6 Å². The third-order valence-corrected chi connectivity index (χ3v) is 9.37. The molecule has 4 aliphatic carbocycles. The van der Waals surface area contributed by atoms with Crippen molar-refractivity contribution in [3.05, 3.63) is 0 Å². The summed E-state index contributed by atoms with van der Waals surface area (Å²) in [7, 11) is 0. The van der Waals surface area contributed by atoms with Crippen molar-refractivity contribution in [3.8, 4) is 0 Å². The lowest BCUT2D eigenvalue weighted by atomic mass is 9.56. The van der Waals surface area contributed by atoms with Crippen LogP contribution in [0.3, 0.4) is 0 Å². The van der Waals surface area contributed by atoms with E-state index >= 15 is 0 Å². The maximum Gasteiger partial charge on any atom is 0.326 e. The number of nitrogens with zero attached hydrogens (tertiary/aromatic N) is 1. The first-order chi connectivity index (χ1) is 12.0. The average molecular weight is 384 g/mol. The molecule has 1 saturated heterocycles. The first kappa shape index (κ1) is 18.0. The molecule has 0 aromatic heterocycles. The number of hydrogen-bond acceptors (Lipinski definition) is 4. The molecule has 5 rings (SSSR count). The molecule has 4 nitrogen and oxygen atoms in total. The van der Waals surface area contributed by atoms with Crippen LogP contribution in [0.1, 0.15) is 45.4 Å². The third kappa shape index (κ3) is 3.33. The summed E-state index contributed by atoms with van der Waals surface area (Å²) in [6.45, 7) is 2.44. The van der Waals surface area contributed by atoms with Gasteiger partial charge in [-0.25, -0.2) is 4.79 Å². The number of rotatable bonds is 5. The van der Waals surface area contributed by atoms with Gasteiger partial charge in [0.05, 0.1) is 0 Å². The van der Waals surface area contributed by atoms with E-state index in [0.29, 0.717) is 24.0 Å². The van der Waals surface area contributed by atoms with E-state index < -0.39 is 12.0 Å². The fourth-order valence-corrected chi connectivity index (χ4v) is 8.08. The van der Waals surface area contributed by atoms with Crippen LogP contribution in [-0.4, -0.2) is 50.7 Å². The number of carbonyl (C=O) groups excluding carboxylic acids is 1. The summed E-state index contributed by atoms with van der Waals surface area (Å²) in [5.41, 5.74) is 0. The molecule has 6 heteroatoms. The lowest BCUT2D eigenvalue weighted by molar-refractivity contribution is -0.149. The van der Waals surface area contributed by atoms with Gasteiger partial charge in [-0.2, -0.15) is 24.4 Å². The number of thiol groups is 1. The molecule has 1 aliphatic heterocycles. The largest absolute Gasteiger partial charge is 0.480 e. The Hall–Kier alpha value is -0.360. The Morgan fingerprint density at radius 1 is 1.12 bits per heavy atom. The van der Waals surface area contributed by atoms with Crippen molar-refractivity contribution in [3.63, 3.8) is 0 Å².